The Morgan fingerprint density at radius 2 is 2.07 bits per heavy atom. The Labute approximate surface area is 90.1 Å². The van der Waals surface area contributed by atoms with Gasteiger partial charge in [0.25, 0.3) is 0 Å². The standard InChI is InChI=1S/C10H16N2OS/c1-9(2)5-8(6-11-7-14)10(3,4)12(9)13/h5,13H,6H2,1-4H3. The van der Waals surface area contributed by atoms with Crippen LogP contribution in [-0.4, -0.2) is 33.1 Å². The van der Waals surface area contributed by atoms with Crippen LogP contribution in [-0.2, 0) is 0 Å². The molecule has 0 saturated carbocycles. The molecule has 0 amide bonds. The lowest BCUT2D eigenvalue weighted by atomic mass is 9.97. The maximum Gasteiger partial charge on any atom is 0.0722 e. The average molecular weight is 212 g/mol. The third kappa shape index (κ3) is 1.79. The smallest absolute Gasteiger partial charge is 0.0722 e. The number of hydroxylamine groups is 2. The highest BCUT2D eigenvalue weighted by atomic mass is 32.1. The maximum atomic E-state index is 9.95. The third-order valence-electron chi connectivity index (χ3n) is 2.70. The highest BCUT2D eigenvalue weighted by molar-refractivity contribution is 7.78. The molecular weight excluding hydrogens is 196 g/mol. The summed E-state index contributed by atoms with van der Waals surface area (Å²) in [6.45, 7) is 8.36. The number of thiocarbonyl (C=S) groups is 1. The fourth-order valence-corrected chi connectivity index (χ4v) is 1.94. The molecule has 0 spiro atoms. The molecule has 0 aromatic heterocycles. The van der Waals surface area contributed by atoms with Gasteiger partial charge in [-0.1, -0.05) is 6.08 Å². The number of nitrogens with zero attached hydrogens (tertiary/aromatic N) is 2. The first-order chi connectivity index (χ1) is 6.32. The van der Waals surface area contributed by atoms with Crippen molar-refractivity contribution in [1.82, 2.24) is 5.06 Å². The van der Waals surface area contributed by atoms with E-state index in [1.165, 1.54) is 5.06 Å². The van der Waals surface area contributed by atoms with Crippen molar-refractivity contribution in [3.05, 3.63) is 11.6 Å². The fourth-order valence-electron chi connectivity index (χ4n) is 1.88. The molecule has 4 heteroatoms. The molecule has 0 saturated heterocycles. The van der Waals surface area contributed by atoms with E-state index in [-0.39, 0.29) is 11.1 Å². The zero-order chi connectivity index (χ0) is 11.0. The van der Waals surface area contributed by atoms with E-state index in [1.807, 2.05) is 33.8 Å². The minimum Gasteiger partial charge on any atom is -0.312 e. The van der Waals surface area contributed by atoms with Gasteiger partial charge in [-0.3, -0.25) is 0 Å². The van der Waals surface area contributed by atoms with Gasteiger partial charge in [0.05, 0.1) is 22.8 Å². The second kappa shape index (κ2) is 3.55. The van der Waals surface area contributed by atoms with Crippen LogP contribution in [0.25, 0.3) is 0 Å². The molecule has 0 aliphatic carbocycles. The largest absolute Gasteiger partial charge is 0.312 e. The van der Waals surface area contributed by atoms with Crippen molar-refractivity contribution >= 4 is 17.4 Å². The van der Waals surface area contributed by atoms with E-state index in [0.717, 1.165) is 5.57 Å². The molecule has 1 aliphatic rings. The highest BCUT2D eigenvalue weighted by Crippen LogP contribution is 2.38. The summed E-state index contributed by atoms with van der Waals surface area (Å²) in [5, 5.41) is 13.6. The lowest BCUT2D eigenvalue weighted by Gasteiger charge is -2.36. The van der Waals surface area contributed by atoms with E-state index in [9.17, 15) is 5.21 Å². The van der Waals surface area contributed by atoms with Crippen molar-refractivity contribution in [2.45, 2.75) is 38.8 Å². The van der Waals surface area contributed by atoms with Crippen molar-refractivity contribution in [3.63, 3.8) is 0 Å². The topological polar surface area (TPSA) is 35.8 Å². The second-order valence-corrected chi connectivity index (χ2v) is 4.78. The molecule has 0 bridgehead atoms. The minimum atomic E-state index is -0.376. The van der Waals surface area contributed by atoms with Gasteiger partial charge in [0.2, 0.25) is 0 Å². The molecular formula is C10H16N2OS. The molecule has 1 heterocycles. The molecule has 0 radical (unpaired) electrons. The van der Waals surface area contributed by atoms with Crippen LogP contribution in [0, 0.1) is 0 Å². The number of hydrogen-bond acceptors (Lipinski definition) is 4. The molecule has 1 N–H and O–H groups in total. The third-order valence-corrected chi connectivity index (χ3v) is 2.83. The quantitative estimate of drug-likeness (QED) is 0.433. The van der Waals surface area contributed by atoms with Crippen LogP contribution >= 0.6 is 12.2 Å². The van der Waals surface area contributed by atoms with Gasteiger partial charge in [0.15, 0.2) is 0 Å². The maximum absolute atomic E-state index is 9.95. The zero-order valence-corrected chi connectivity index (χ0v) is 9.85. The second-order valence-electron chi connectivity index (χ2n) is 4.60. The summed E-state index contributed by atoms with van der Waals surface area (Å²) in [6.07, 6.45) is 2.03. The molecule has 78 valence electrons. The molecule has 0 atom stereocenters. The Morgan fingerprint density at radius 3 is 2.43 bits per heavy atom. The first kappa shape index (κ1) is 11.5. The van der Waals surface area contributed by atoms with Crippen LogP contribution in [0.3, 0.4) is 0 Å². The van der Waals surface area contributed by atoms with Crippen molar-refractivity contribution in [3.8, 4) is 0 Å². The lowest BCUT2D eigenvalue weighted by Crippen LogP contribution is -2.48. The monoisotopic (exact) mass is 212 g/mol. The summed E-state index contributed by atoms with van der Waals surface area (Å²) in [7, 11) is 0. The van der Waals surface area contributed by atoms with Gasteiger partial charge in [-0.2, -0.15) is 5.06 Å². The highest BCUT2D eigenvalue weighted by Gasteiger charge is 2.44. The summed E-state index contributed by atoms with van der Waals surface area (Å²) in [4.78, 5) is 3.91. The van der Waals surface area contributed by atoms with Crippen molar-refractivity contribution in [1.29, 1.82) is 0 Å². The van der Waals surface area contributed by atoms with E-state index < -0.39 is 0 Å². The van der Waals surface area contributed by atoms with Crippen LogP contribution in [0.15, 0.2) is 16.6 Å². The summed E-state index contributed by atoms with van der Waals surface area (Å²) < 4.78 is 0. The Kier molecular flexibility index (Phi) is 2.93. The summed E-state index contributed by atoms with van der Waals surface area (Å²) in [5.41, 5.74) is 0.358. The van der Waals surface area contributed by atoms with Crippen LogP contribution in [0.1, 0.15) is 27.7 Å². The van der Waals surface area contributed by atoms with Gasteiger partial charge in [-0.15, -0.1) is 0 Å². The molecule has 0 aromatic carbocycles. The van der Waals surface area contributed by atoms with E-state index in [4.69, 9.17) is 0 Å². The Hall–Kier alpha value is -0.540. The van der Waals surface area contributed by atoms with Crippen LogP contribution in [0.4, 0.5) is 0 Å². The minimum absolute atomic E-state index is 0.337. The van der Waals surface area contributed by atoms with Gasteiger partial charge in [-0.05, 0) is 45.5 Å². The van der Waals surface area contributed by atoms with E-state index in [0.29, 0.717) is 6.54 Å². The number of aliphatic imine (C=N–C) groups is 1. The van der Waals surface area contributed by atoms with Gasteiger partial charge >= 0.3 is 0 Å². The van der Waals surface area contributed by atoms with Crippen LogP contribution in [0.2, 0.25) is 0 Å². The first-order valence-corrected chi connectivity index (χ1v) is 4.98. The van der Waals surface area contributed by atoms with E-state index >= 15 is 0 Å². The molecule has 0 aromatic rings. The molecule has 0 fully saturated rings. The Morgan fingerprint density at radius 1 is 1.50 bits per heavy atom. The van der Waals surface area contributed by atoms with Gasteiger partial charge in [-0.25, -0.2) is 4.99 Å². The molecule has 3 nitrogen and oxygen atoms in total. The SMILES string of the molecule is CC1(C)C=C(CN=C=S)C(C)(C)N1O. The zero-order valence-electron chi connectivity index (χ0n) is 9.03. The van der Waals surface area contributed by atoms with Crippen LogP contribution < -0.4 is 0 Å². The lowest BCUT2D eigenvalue weighted by molar-refractivity contribution is -0.185. The van der Waals surface area contributed by atoms with E-state index in [1.54, 1.807) is 0 Å². The Balaban J connectivity index is 3.00. The predicted molar refractivity (Wildman–Crippen MR) is 59.8 cm³/mol. The summed E-state index contributed by atoms with van der Waals surface area (Å²) in [6, 6.07) is 0. The van der Waals surface area contributed by atoms with Gasteiger partial charge in [0, 0.05) is 0 Å². The van der Waals surface area contributed by atoms with Gasteiger partial charge < -0.3 is 5.21 Å². The number of isothiocyanates is 1. The Bertz CT molecular complexity index is 314. The summed E-state index contributed by atoms with van der Waals surface area (Å²) in [5.74, 6) is 0. The fraction of sp³-hybridized carbons (Fsp3) is 0.700. The van der Waals surface area contributed by atoms with E-state index in [2.05, 4.69) is 22.4 Å². The molecule has 0 unspecified atom stereocenters. The number of hydrogen-bond donors (Lipinski definition) is 1. The molecule has 14 heavy (non-hydrogen) atoms. The van der Waals surface area contributed by atoms with Gasteiger partial charge in [0.1, 0.15) is 0 Å². The average Bonchev–Trinajstić information content (AvgIpc) is 2.23. The van der Waals surface area contributed by atoms with Crippen molar-refractivity contribution < 1.29 is 5.21 Å². The van der Waals surface area contributed by atoms with Crippen molar-refractivity contribution in [2.24, 2.45) is 4.99 Å². The molecule has 1 rings (SSSR count). The summed E-state index contributed by atoms with van der Waals surface area (Å²) >= 11 is 4.53. The molecule has 1 aliphatic heterocycles. The van der Waals surface area contributed by atoms with Crippen LogP contribution in [0.5, 0.6) is 0 Å². The van der Waals surface area contributed by atoms with Crippen molar-refractivity contribution in [2.75, 3.05) is 6.54 Å². The number of rotatable bonds is 2. The first-order valence-electron chi connectivity index (χ1n) is 4.57. The normalized spacial score (nSPS) is 24.2. The predicted octanol–water partition coefficient (Wildman–Crippen LogP) is 2.28.